The molecule has 0 bridgehead atoms. The lowest BCUT2D eigenvalue weighted by molar-refractivity contribution is 0.0954. The standard InChI is InChI=1S/C29H26N6O/c36-29(31-17-15-23-8-4-5-16-30-23)22-11-13-24(14-12-22)32-27-18-25(20-6-2-1-3-7-20)33-28-19-26(21-9-10-21)34-35(27)28/h1-8,11-14,16,18-19,21,32H,9-10,15,17H2,(H,31,36). The van der Waals surface area contributed by atoms with Gasteiger partial charge in [-0.1, -0.05) is 36.4 Å². The summed E-state index contributed by atoms with van der Waals surface area (Å²) in [6, 6.07) is 27.5. The van der Waals surface area contributed by atoms with Crippen molar-refractivity contribution in [3.63, 3.8) is 0 Å². The van der Waals surface area contributed by atoms with Crippen molar-refractivity contribution >= 4 is 23.1 Å². The number of hydrogen-bond acceptors (Lipinski definition) is 5. The van der Waals surface area contributed by atoms with Gasteiger partial charge in [0.05, 0.1) is 11.4 Å². The van der Waals surface area contributed by atoms with E-state index in [-0.39, 0.29) is 5.91 Å². The molecule has 6 rings (SSSR count). The first-order valence-electron chi connectivity index (χ1n) is 12.2. The maximum absolute atomic E-state index is 12.6. The number of pyridine rings is 1. The second-order valence-corrected chi connectivity index (χ2v) is 9.04. The number of benzene rings is 2. The number of amides is 1. The van der Waals surface area contributed by atoms with Crippen molar-refractivity contribution in [3.05, 3.63) is 108 Å². The van der Waals surface area contributed by atoms with Crippen LogP contribution in [0.15, 0.2) is 91.1 Å². The van der Waals surface area contributed by atoms with Gasteiger partial charge >= 0.3 is 0 Å². The maximum Gasteiger partial charge on any atom is 0.251 e. The molecule has 1 fully saturated rings. The van der Waals surface area contributed by atoms with E-state index in [0.717, 1.165) is 39.8 Å². The minimum Gasteiger partial charge on any atom is -0.352 e. The minimum atomic E-state index is -0.101. The molecular weight excluding hydrogens is 448 g/mol. The molecule has 36 heavy (non-hydrogen) atoms. The van der Waals surface area contributed by atoms with Crippen molar-refractivity contribution in [3.8, 4) is 11.3 Å². The molecule has 1 aliphatic rings. The molecule has 1 aliphatic carbocycles. The number of fused-ring (bicyclic) bond motifs is 1. The molecule has 0 radical (unpaired) electrons. The number of carbonyl (C=O) groups excluding carboxylic acids is 1. The van der Waals surface area contributed by atoms with Gasteiger partial charge in [-0.05, 0) is 49.2 Å². The lowest BCUT2D eigenvalue weighted by Crippen LogP contribution is -2.25. The molecule has 2 N–H and O–H groups in total. The molecule has 2 aromatic carbocycles. The number of nitrogens with one attached hydrogen (secondary N) is 2. The van der Waals surface area contributed by atoms with Crippen molar-refractivity contribution in [2.75, 3.05) is 11.9 Å². The molecule has 5 aromatic rings. The Bertz CT molecular complexity index is 1490. The molecule has 3 aromatic heterocycles. The van der Waals surface area contributed by atoms with Crippen LogP contribution in [0.3, 0.4) is 0 Å². The third kappa shape index (κ3) is 4.81. The Labute approximate surface area is 209 Å². The first-order valence-corrected chi connectivity index (χ1v) is 12.2. The average Bonchev–Trinajstić information content (AvgIpc) is 3.69. The second-order valence-electron chi connectivity index (χ2n) is 9.04. The molecular formula is C29H26N6O. The lowest BCUT2D eigenvalue weighted by atomic mass is 10.1. The van der Waals surface area contributed by atoms with Gasteiger partial charge < -0.3 is 10.6 Å². The van der Waals surface area contributed by atoms with Gasteiger partial charge in [0.25, 0.3) is 5.91 Å². The Morgan fingerprint density at radius 2 is 1.75 bits per heavy atom. The number of nitrogens with zero attached hydrogens (tertiary/aromatic N) is 4. The first kappa shape index (κ1) is 22.0. The first-order chi connectivity index (χ1) is 17.7. The van der Waals surface area contributed by atoms with Crippen molar-refractivity contribution in [1.29, 1.82) is 0 Å². The highest BCUT2D eigenvalue weighted by molar-refractivity contribution is 5.94. The summed E-state index contributed by atoms with van der Waals surface area (Å²) in [7, 11) is 0. The van der Waals surface area contributed by atoms with Crippen LogP contribution in [-0.4, -0.2) is 32.0 Å². The fraction of sp³-hybridized carbons (Fsp3) is 0.172. The second kappa shape index (κ2) is 9.62. The van der Waals surface area contributed by atoms with Crippen molar-refractivity contribution in [2.45, 2.75) is 25.2 Å². The topological polar surface area (TPSA) is 84.2 Å². The quantitative estimate of drug-likeness (QED) is 0.315. The van der Waals surface area contributed by atoms with Crippen LogP contribution in [0.1, 0.15) is 40.5 Å². The Morgan fingerprint density at radius 3 is 2.50 bits per heavy atom. The summed E-state index contributed by atoms with van der Waals surface area (Å²) in [6.45, 7) is 0.537. The van der Waals surface area contributed by atoms with Gasteiger partial charge in [0.1, 0.15) is 5.82 Å². The summed E-state index contributed by atoms with van der Waals surface area (Å²) in [5.41, 5.74) is 6.29. The highest BCUT2D eigenvalue weighted by Gasteiger charge is 2.27. The summed E-state index contributed by atoms with van der Waals surface area (Å²) in [5, 5.41) is 11.3. The van der Waals surface area contributed by atoms with E-state index in [9.17, 15) is 4.79 Å². The van der Waals surface area contributed by atoms with Gasteiger partial charge in [0.2, 0.25) is 0 Å². The predicted molar refractivity (Wildman–Crippen MR) is 140 cm³/mol. The Kier molecular flexibility index (Phi) is 5.87. The SMILES string of the molecule is O=C(NCCc1ccccn1)c1ccc(Nc2cc(-c3ccccc3)nc3cc(C4CC4)nn23)cc1. The molecule has 1 saturated carbocycles. The summed E-state index contributed by atoms with van der Waals surface area (Å²) in [5.74, 6) is 1.27. The normalized spacial score (nSPS) is 13.0. The summed E-state index contributed by atoms with van der Waals surface area (Å²) in [6.07, 6.45) is 4.83. The fourth-order valence-corrected chi connectivity index (χ4v) is 4.22. The third-order valence-corrected chi connectivity index (χ3v) is 6.32. The number of anilines is 2. The van der Waals surface area contributed by atoms with Crippen LogP contribution in [0.4, 0.5) is 11.5 Å². The number of aromatic nitrogens is 4. The molecule has 0 spiro atoms. The van der Waals surface area contributed by atoms with Crippen LogP contribution in [-0.2, 0) is 6.42 Å². The summed E-state index contributed by atoms with van der Waals surface area (Å²) in [4.78, 5) is 21.7. The monoisotopic (exact) mass is 474 g/mol. The lowest BCUT2D eigenvalue weighted by Gasteiger charge is -2.11. The molecule has 7 nitrogen and oxygen atoms in total. The third-order valence-electron chi connectivity index (χ3n) is 6.32. The van der Waals surface area contributed by atoms with Gasteiger partial charge in [-0.2, -0.15) is 9.61 Å². The number of carbonyl (C=O) groups is 1. The van der Waals surface area contributed by atoms with Crippen LogP contribution < -0.4 is 10.6 Å². The van der Waals surface area contributed by atoms with Crippen molar-refractivity contribution < 1.29 is 4.79 Å². The molecule has 178 valence electrons. The van der Waals surface area contributed by atoms with E-state index in [2.05, 4.69) is 33.8 Å². The van der Waals surface area contributed by atoms with E-state index in [0.29, 0.717) is 24.4 Å². The van der Waals surface area contributed by atoms with Gasteiger partial charge in [-0.3, -0.25) is 9.78 Å². The molecule has 1 amide bonds. The molecule has 3 heterocycles. The van der Waals surface area contributed by atoms with E-state index in [4.69, 9.17) is 10.1 Å². The minimum absolute atomic E-state index is 0.101. The number of hydrogen-bond donors (Lipinski definition) is 2. The van der Waals surface area contributed by atoms with Crippen LogP contribution in [0.5, 0.6) is 0 Å². The highest BCUT2D eigenvalue weighted by atomic mass is 16.1. The average molecular weight is 475 g/mol. The molecule has 0 atom stereocenters. The van der Waals surface area contributed by atoms with Crippen LogP contribution in [0.2, 0.25) is 0 Å². The Hall–Kier alpha value is -4.52. The van der Waals surface area contributed by atoms with Gasteiger partial charge in [0, 0.05) is 59.7 Å². The van der Waals surface area contributed by atoms with E-state index in [1.54, 1.807) is 6.20 Å². The Balaban J connectivity index is 1.20. The summed E-state index contributed by atoms with van der Waals surface area (Å²) >= 11 is 0. The molecule has 7 heteroatoms. The zero-order valence-electron chi connectivity index (χ0n) is 19.8. The fourth-order valence-electron chi connectivity index (χ4n) is 4.22. The van der Waals surface area contributed by atoms with Gasteiger partial charge in [0.15, 0.2) is 5.65 Å². The van der Waals surface area contributed by atoms with E-state index < -0.39 is 0 Å². The smallest absolute Gasteiger partial charge is 0.251 e. The van der Waals surface area contributed by atoms with E-state index in [1.807, 2.05) is 71.2 Å². The van der Waals surface area contributed by atoms with Crippen LogP contribution in [0, 0.1) is 0 Å². The zero-order valence-corrected chi connectivity index (χ0v) is 19.8. The zero-order chi connectivity index (χ0) is 24.3. The van der Waals surface area contributed by atoms with Crippen molar-refractivity contribution in [1.82, 2.24) is 24.9 Å². The highest BCUT2D eigenvalue weighted by Crippen LogP contribution is 2.40. The van der Waals surface area contributed by atoms with Gasteiger partial charge in [-0.15, -0.1) is 0 Å². The number of rotatable bonds is 8. The maximum atomic E-state index is 12.6. The summed E-state index contributed by atoms with van der Waals surface area (Å²) < 4.78 is 1.87. The molecule has 0 aliphatic heterocycles. The van der Waals surface area contributed by atoms with E-state index >= 15 is 0 Å². The van der Waals surface area contributed by atoms with Crippen LogP contribution in [0.25, 0.3) is 16.9 Å². The predicted octanol–water partition coefficient (Wildman–Crippen LogP) is 5.38. The van der Waals surface area contributed by atoms with Gasteiger partial charge in [-0.25, -0.2) is 4.98 Å². The van der Waals surface area contributed by atoms with Crippen molar-refractivity contribution in [2.24, 2.45) is 0 Å². The Morgan fingerprint density at radius 1 is 0.944 bits per heavy atom. The molecule has 0 unspecified atom stereocenters. The molecule has 0 saturated heterocycles. The largest absolute Gasteiger partial charge is 0.352 e. The van der Waals surface area contributed by atoms with Crippen LogP contribution >= 0.6 is 0 Å². The van der Waals surface area contributed by atoms with E-state index in [1.165, 1.54) is 12.8 Å².